The van der Waals surface area contributed by atoms with Crippen molar-refractivity contribution in [3.05, 3.63) is 18.0 Å². The number of aliphatic hydroxyl groups is 1. The summed E-state index contributed by atoms with van der Waals surface area (Å²) < 4.78 is 38.7. The van der Waals surface area contributed by atoms with Crippen molar-refractivity contribution in [1.82, 2.24) is 9.78 Å². The van der Waals surface area contributed by atoms with Crippen molar-refractivity contribution in [1.29, 1.82) is 0 Å². The molecule has 18 heavy (non-hydrogen) atoms. The molecule has 0 amide bonds. The van der Waals surface area contributed by atoms with Crippen molar-refractivity contribution >= 4 is 0 Å². The Hall–Kier alpha value is -1.04. The van der Waals surface area contributed by atoms with Crippen molar-refractivity contribution in [3.8, 4) is 0 Å². The second-order valence-corrected chi connectivity index (χ2v) is 4.90. The van der Waals surface area contributed by atoms with Crippen molar-refractivity contribution in [2.75, 3.05) is 0 Å². The fraction of sp³-hybridized carbons (Fsp3) is 0.750. The van der Waals surface area contributed by atoms with E-state index in [0.29, 0.717) is 18.8 Å². The van der Waals surface area contributed by atoms with Crippen LogP contribution in [0.25, 0.3) is 0 Å². The van der Waals surface area contributed by atoms with Crippen LogP contribution in [0.3, 0.4) is 0 Å². The van der Waals surface area contributed by atoms with Gasteiger partial charge in [-0.05, 0) is 31.2 Å². The van der Waals surface area contributed by atoms with Crippen molar-refractivity contribution < 1.29 is 18.3 Å². The lowest BCUT2D eigenvalue weighted by molar-refractivity contribution is -0.141. The van der Waals surface area contributed by atoms with E-state index in [1.54, 1.807) is 0 Å². The molecule has 3 atom stereocenters. The molecule has 0 saturated heterocycles. The molecule has 1 aliphatic carbocycles. The SMILES string of the molecule is CCC1CCC(O)C(n2ccc(C(F)(F)F)n2)C1. The van der Waals surface area contributed by atoms with Gasteiger partial charge in [0.25, 0.3) is 0 Å². The van der Waals surface area contributed by atoms with Crippen LogP contribution in [-0.2, 0) is 6.18 Å². The second kappa shape index (κ2) is 4.91. The summed E-state index contributed by atoms with van der Waals surface area (Å²) >= 11 is 0. The maximum absolute atomic E-state index is 12.5. The van der Waals surface area contributed by atoms with Crippen LogP contribution in [0, 0.1) is 5.92 Å². The Bertz CT molecular complexity index is 402. The lowest BCUT2D eigenvalue weighted by Gasteiger charge is -2.33. The Morgan fingerprint density at radius 1 is 1.44 bits per heavy atom. The van der Waals surface area contributed by atoms with E-state index in [-0.39, 0.29) is 6.04 Å². The van der Waals surface area contributed by atoms with Crippen LogP contribution in [0.2, 0.25) is 0 Å². The molecule has 0 aliphatic heterocycles. The van der Waals surface area contributed by atoms with Gasteiger partial charge in [-0.2, -0.15) is 18.3 Å². The average Bonchev–Trinajstić information content (AvgIpc) is 2.78. The van der Waals surface area contributed by atoms with E-state index >= 15 is 0 Å². The highest BCUT2D eigenvalue weighted by Gasteiger charge is 2.36. The Morgan fingerprint density at radius 2 is 2.17 bits per heavy atom. The summed E-state index contributed by atoms with van der Waals surface area (Å²) in [7, 11) is 0. The molecular formula is C12H17F3N2O. The van der Waals surface area contributed by atoms with Crippen molar-refractivity contribution in [2.24, 2.45) is 5.92 Å². The summed E-state index contributed by atoms with van der Waals surface area (Å²) in [5.74, 6) is 0.455. The normalized spacial score (nSPS) is 29.5. The van der Waals surface area contributed by atoms with Crippen LogP contribution in [-0.4, -0.2) is 21.0 Å². The molecule has 6 heteroatoms. The molecule has 0 spiro atoms. The highest BCUT2D eigenvalue weighted by atomic mass is 19.4. The van der Waals surface area contributed by atoms with Gasteiger partial charge in [-0.15, -0.1) is 0 Å². The van der Waals surface area contributed by atoms with Gasteiger partial charge in [0.15, 0.2) is 5.69 Å². The minimum Gasteiger partial charge on any atom is -0.391 e. The third-order valence-corrected chi connectivity index (χ3v) is 3.71. The number of nitrogens with zero attached hydrogens (tertiary/aromatic N) is 2. The summed E-state index contributed by atoms with van der Waals surface area (Å²) in [4.78, 5) is 0. The standard InChI is InChI=1S/C12H17F3N2O/c1-2-8-3-4-10(18)9(7-8)17-6-5-11(16-17)12(13,14)15/h5-6,8-10,18H,2-4,7H2,1H3. The molecular weight excluding hydrogens is 245 g/mol. The number of halogens is 3. The van der Waals surface area contributed by atoms with Crippen LogP contribution >= 0.6 is 0 Å². The molecule has 3 unspecified atom stereocenters. The molecule has 1 aromatic heterocycles. The molecule has 2 rings (SSSR count). The molecule has 0 aromatic carbocycles. The van der Waals surface area contributed by atoms with Gasteiger partial charge in [0.1, 0.15) is 0 Å². The number of rotatable bonds is 2. The highest BCUT2D eigenvalue weighted by Crippen LogP contribution is 2.35. The van der Waals surface area contributed by atoms with E-state index in [1.165, 1.54) is 10.9 Å². The van der Waals surface area contributed by atoms with Crippen molar-refractivity contribution in [3.63, 3.8) is 0 Å². The minimum absolute atomic E-state index is 0.334. The van der Waals surface area contributed by atoms with Crippen LogP contribution in [0.4, 0.5) is 13.2 Å². The zero-order chi connectivity index (χ0) is 13.3. The van der Waals surface area contributed by atoms with Crippen LogP contribution in [0.1, 0.15) is 44.3 Å². The van der Waals surface area contributed by atoms with Gasteiger partial charge in [0, 0.05) is 6.20 Å². The smallest absolute Gasteiger partial charge is 0.391 e. The molecule has 1 N–H and O–H groups in total. The molecule has 0 radical (unpaired) electrons. The van der Waals surface area contributed by atoms with E-state index in [0.717, 1.165) is 18.9 Å². The number of aliphatic hydroxyl groups excluding tert-OH is 1. The molecule has 1 aromatic rings. The number of aromatic nitrogens is 2. The third kappa shape index (κ3) is 2.68. The summed E-state index contributed by atoms with van der Waals surface area (Å²) in [5.41, 5.74) is -0.895. The van der Waals surface area contributed by atoms with E-state index in [9.17, 15) is 18.3 Å². The fourth-order valence-electron chi connectivity index (χ4n) is 2.54. The van der Waals surface area contributed by atoms with Gasteiger partial charge in [0.2, 0.25) is 0 Å². The summed E-state index contributed by atoms with van der Waals surface area (Å²) in [6.45, 7) is 2.06. The van der Waals surface area contributed by atoms with Gasteiger partial charge in [-0.25, -0.2) is 0 Å². The largest absolute Gasteiger partial charge is 0.435 e. The van der Waals surface area contributed by atoms with E-state index < -0.39 is 18.0 Å². The predicted molar refractivity (Wildman–Crippen MR) is 59.9 cm³/mol. The Labute approximate surface area is 104 Å². The van der Waals surface area contributed by atoms with E-state index in [4.69, 9.17) is 0 Å². The van der Waals surface area contributed by atoms with E-state index in [2.05, 4.69) is 12.0 Å². The maximum atomic E-state index is 12.5. The number of alkyl halides is 3. The first-order chi connectivity index (χ1) is 8.41. The molecule has 1 fully saturated rings. The van der Waals surface area contributed by atoms with Gasteiger partial charge in [-0.1, -0.05) is 13.3 Å². The molecule has 1 heterocycles. The third-order valence-electron chi connectivity index (χ3n) is 3.71. The predicted octanol–water partition coefficient (Wildman–Crippen LogP) is 3.01. The Morgan fingerprint density at radius 3 is 2.72 bits per heavy atom. The topological polar surface area (TPSA) is 38.0 Å². The first-order valence-electron chi connectivity index (χ1n) is 6.22. The number of hydrogen-bond donors (Lipinski definition) is 1. The first-order valence-corrected chi connectivity index (χ1v) is 6.22. The monoisotopic (exact) mass is 262 g/mol. The van der Waals surface area contributed by atoms with Gasteiger partial charge >= 0.3 is 6.18 Å². The van der Waals surface area contributed by atoms with E-state index in [1.807, 2.05) is 0 Å². The first kappa shape index (κ1) is 13.4. The Balaban J connectivity index is 2.17. The van der Waals surface area contributed by atoms with Crippen LogP contribution in [0.15, 0.2) is 12.3 Å². The maximum Gasteiger partial charge on any atom is 0.435 e. The van der Waals surface area contributed by atoms with Crippen molar-refractivity contribution in [2.45, 2.75) is 50.9 Å². The summed E-state index contributed by atoms with van der Waals surface area (Å²) in [6.07, 6.45) is -0.475. The molecule has 1 saturated carbocycles. The zero-order valence-electron chi connectivity index (χ0n) is 10.2. The fourth-order valence-corrected chi connectivity index (χ4v) is 2.54. The van der Waals surface area contributed by atoms with Gasteiger partial charge in [0.05, 0.1) is 12.1 Å². The summed E-state index contributed by atoms with van der Waals surface area (Å²) in [5, 5.41) is 13.5. The molecule has 102 valence electrons. The van der Waals surface area contributed by atoms with Crippen LogP contribution < -0.4 is 0 Å². The lowest BCUT2D eigenvalue weighted by atomic mass is 9.82. The number of hydrogen-bond acceptors (Lipinski definition) is 2. The zero-order valence-corrected chi connectivity index (χ0v) is 10.2. The average molecular weight is 262 g/mol. The minimum atomic E-state index is -4.42. The second-order valence-electron chi connectivity index (χ2n) is 4.90. The molecule has 3 nitrogen and oxygen atoms in total. The molecule has 1 aliphatic rings. The quantitative estimate of drug-likeness (QED) is 0.889. The Kier molecular flexibility index (Phi) is 3.66. The summed E-state index contributed by atoms with van der Waals surface area (Å²) in [6, 6.07) is 0.627. The van der Waals surface area contributed by atoms with Gasteiger partial charge in [-0.3, -0.25) is 4.68 Å². The van der Waals surface area contributed by atoms with Gasteiger partial charge < -0.3 is 5.11 Å². The highest BCUT2D eigenvalue weighted by molar-refractivity contribution is 5.04. The van der Waals surface area contributed by atoms with Crippen LogP contribution in [0.5, 0.6) is 0 Å². The molecule has 0 bridgehead atoms. The lowest BCUT2D eigenvalue weighted by Crippen LogP contribution is -2.32.